The molecule has 3 aromatic heterocycles. The molecular formula is C25H19FN6O2. The molecule has 2 aromatic carbocycles. The Labute approximate surface area is 194 Å². The van der Waals surface area contributed by atoms with Gasteiger partial charge in [-0.1, -0.05) is 0 Å². The van der Waals surface area contributed by atoms with Crippen LogP contribution in [-0.2, 0) is 0 Å². The van der Waals surface area contributed by atoms with Crippen LogP contribution in [0.2, 0.25) is 0 Å². The minimum atomic E-state index is -0.349. The molecule has 0 unspecified atom stereocenters. The van der Waals surface area contributed by atoms with Gasteiger partial charge in [0.1, 0.15) is 17.1 Å². The molecule has 0 aliphatic heterocycles. The van der Waals surface area contributed by atoms with E-state index in [-0.39, 0.29) is 17.7 Å². The third-order valence-corrected chi connectivity index (χ3v) is 5.11. The smallest absolute Gasteiger partial charge is 0.321 e. The monoisotopic (exact) mass is 454 g/mol. The van der Waals surface area contributed by atoms with Gasteiger partial charge in [0.05, 0.1) is 11.9 Å². The SMILES string of the molecule is Cc1cc(Oc2ncccn2)ccc1NC(=O)c1cnn(-c2ccc(F)cc2)c1-n1cccc1. The summed E-state index contributed by atoms with van der Waals surface area (Å²) in [6, 6.07) is 16.8. The van der Waals surface area contributed by atoms with E-state index in [4.69, 9.17) is 4.74 Å². The highest BCUT2D eigenvalue weighted by atomic mass is 19.1. The number of aromatic nitrogens is 5. The molecular weight excluding hydrogens is 435 g/mol. The summed E-state index contributed by atoms with van der Waals surface area (Å²) in [5, 5.41) is 7.34. The van der Waals surface area contributed by atoms with Gasteiger partial charge in [0.2, 0.25) is 0 Å². The molecule has 0 aliphatic rings. The van der Waals surface area contributed by atoms with Crippen LogP contribution < -0.4 is 10.1 Å². The third kappa shape index (κ3) is 4.26. The fourth-order valence-electron chi connectivity index (χ4n) is 3.47. The number of carbonyl (C=O) groups is 1. The van der Waals surface area contributed by atoms with Crippen LogP contribution in [0.5, 0.6) is 11.8 Å². The molecule has 9 heteroatoms. The fourth-order valence-corrected chi connectivity index (χ4v) is 3.47. The number of ether oxygens (including phenoxy) is 1. The third-order valence-electron chi connectivity index (χ3n) is 5.11. The summed E-state index contributed by atoms with van der Waals surface area (Å²) in [4.78, 5) is 21.4. The maximum Gasteiger partial charge on any atom is 0.321 e. The largest absolute Gasteiger partial charge is 0.424 e. The lowest BCUT2D eigenvalue weighted by Crippen LogP contribution is -2.16. The Balaban J connectivity index is 1.43. The lowest BCUT2D eigenvalue weighted by molar-refractivity contribution is 0.102. The molecule has 0 saturated carbocycles. The Morgan fingerprint density at radius 2 is 1.74 bits per heavy atom. The van der Waals surface area contributed by atoms with Gasteiger partial charge < -0.3 is 14.6 Å². The van der Waals surface area contributed by atoms with E-state index < -0.39 is 0 Å². The van der Waals surface area contributed by atoms with Crippen molar-refractivity contribution in [3.05, 3.63) is 109 Å². The number of hydrogen-bond donors (Lipinski definition) is 1. The van der Waals surface area contributed by atoms with Crippen molar-refractivity contribution in [2.24, 2.45) is 0 Å². The zero-order valence-corrected chi connectivity index (χ0v) is 18.1. The van der Waals surface area contributed by atoms with Gasteiger partial charge in [-0.25, -0.2) is 19.0 Å². The van der Waals surface area contributed by atoms with Crippen LogP contribution in [0.15, 0.2) is 91.6 Å². The summed E-state index contributed by atoms with van der Waals surface area (Å²) in [7, 11) is 0. The highest BCUT2D eigenvalue weighted by Gasteiger charge is 2.20. The van der Waals surface area contributed by atoms with Gasteiger partial charge in [-0.15, -0.1) is 0 Å². The van der Waals surface area contributed by atoms with Crippen LogP contribution in [0.4, 0.5) is 10.1 Å². The van der Waals surface area contributed by atoms with E-state index in [9.17, 15) is 9.18 Å². The average molecular weight is 454 g/mol. The summed E-state index contributed by atoms with van der Waals surface area (Å²) >= 11 is 0. The van der Waals surface area contributed by atoms with Crippen molar-refractivity contribution in [3.63, 3.8) is 0 Å². The van der Waals surface area contributed by atoms with Gasteiger partial charge in [-0.3, -0.25) is 4.79 Å². The van der Waals surface area contributed by atoms with E-state index in [2.05, 4.69) is 20.4 Å². The topological polar surface area (TPSA) is 86.9 Å². The maximum absolute atomic E-state index is 13.4. The fraction of sp³-hybridized carbons (Fsp3) is 0.0400. The molecule has 1 amide bonds. The Morgan fingerprint density at radius 3 is 2.44 bits per heavy atom. The second kappa shape index (κ2) is 8.99. The van der Waals surface area contributed by atoms with E-state index in [0.717, 1.165) is 5.56 Å². The zero-order valence-electron chi connectivity index (χ0n) is 18.1. The van der Waals surface area contributed by atoms with Crippen LogP contribution >= 0.6 is 0 Å². The van der Waals surface area contributed by atoms with Gasteiger partial charge in [-0.2, -0.15) is 5.10 Å². The van der Waals surface area contributed by atoms with E-state index in [1.807, 2.05) is 31.5 Å². The van der Waals surface area contributed by atoms with Crippen LogP contribution in [-0.4, -0.2) is 30.2 Å². The molecule has 3 heterocycles. The van der Waals surface area contributed by atoms with Crippen LogP contribution in [0.25, 0.3) is 11.5 Å². The van der Waals surface area contributed by atoms with E-state index in [1.54, 1.807) is 58.0 Å². The highest BCUT2D eigenvalue weighted by Crippen LogP contribution is 2.26. The summed E-state index contributed by atoms with van der Waals surface area (Å²) < 4.78 is 22.5. The molecule has 5 aromatic rings. The van der Waals surface area contributed by atoms with Crippen molar-refractivity contribution >= 4 is 11.6 Å². The van der Waals surface area contributed by atoms with E-state index in [0.29, 0.717) is 28.5 Å². The molecule has 0 atom stereocenters. The molecule has 0 radical (unpaired) electrons. The van der Waals surface area contributed by atoms with Gasteiger partial charge in [0.25, 0.3) is 5.91 Å². The van der Waals surface area contributed by atoms with E-state index in [1.165, 1.54) is 18.3 Å². The molecule has 34 heavy (non-hydrogen) atoms. The Hall–Kier alpha value is -4.79. The molecule has 1 N–H and O–H groups in total. The van der Waals surface area contributed by atoms with Gasteiger partial charge in [0.15, 0.2) is 5.82 Å². The quantitative estimate of drug-likeness (QED) is 0.393. The summed E-state index contributed by atoms with van der Waals surface area (Å²) in [5.41, 5.74) is 2.41. The lowest BCUT2D eigenvalue weighted by atomic mass is 10.1. The number of benzene rings is 2. The van der Waals surface area contributed by atoms with Gasteiger partial charge >= 0.3 is 6.01 Å². The van der Waals surface area contributed by atoms with Crippen molar-refractivity contribution in [3.8, 4) is 23.3 Å². The lowest BCUT2D eigenvalue weighted by Gasteiger charge is -2.13. The first-order valence-corrected chi connectivity index (χ1v) is 10.4. The number of rotatable bonds is 6. The second-order valence-electron chi connectivity index (χ2n) is 7.42. The summed E-state index contributed by atoms with van der Waals surface area (Å²) in [6.45, 7) is 1.86. The minimum Gasteiger partial charge on any atom is -0.424 e. The molecule has 0 aliphatic carbocycles. The molecule has 5 rings (SSSR count). The van der Waals surface area contributed by atoms with Crippen molar-refractivity contribution in [1.82, 2.24) is 24.3 Å². The van der Waals surface area contributed by atoms with Gasteiger partial charge in [0, 0.05) is 30.5 Å². The van der Waals surface area contributed by atoms with Crippen LogP contribution in [0, 0.1) is 12.7 Å². The van der Waals surface area contributed by atoms with Crippen molar-refractivity contribution in [1.29, 1.82) is 0 Å². The molecule has 0 bridgehead atoms. The van der Waals surface area contributed by atoms with Crippen LogP contribution in [0.1, 0.15) is 15.9 Å². The predicted octanol–water partition coefficient (Wildman–Crippen LogP) is 4.95. The number of nitrogens with zero attached hydrogens (tertiary/aromatic N) is 5. The maximum atomic E-state index is 13.4. The van der Waals surface area contributed by atoms with Crippen molar-refractivity contribution in [2.45, 2.75) is 6.92 Å². The summed E-state index contributed by atoms with van der Waals surface area (Å²) in [5.74, 6) is 0.408. The number of amides is 1. The standard InChI is InChI=1S/C25H19FN6O2/c1-17-15-20(34-25-27-11-4-12-28-25)9-10-22(17)30-23(33)21-16-29-32(19-7-5-18(26)6-8-19)24(21)31-13-2-3-14-31/h2-16H,1H3,(H,30,33). The van der Waals surface area contributed by atoms with Crippen molar-refractivity contribution < 1.29 is 13.9 Å². The molecule has 168 valence electrons. The zero-order chi connectivity index (χ0) is 23.5. The van der Waals surface area contributed by atoms with Crippen molar-refractivity contribution in [2.75, 3.05) is 5.32 Å². The minimum absolute atomic E-state index is 0.239. The number of aryl methyl sites for hydroxylation is 1. The number of nitrogens with one attached hydrogen (secondary N) is 1. The van der Waals surface area contributed by atoms with Crippen LogP contribution in [0.3, 0.4) is 0 Å². The molecule has 0 saturated heterocycles. The second-order valence-corrected chi connectivity index (χ2v) is 7.42. The highest BCUT2D eigenvalue weighted by molar-refractivity contribution is 6.06. The predicted molar refractivity (Wildman–Crippen MR) is 124 cm³/mol. The number of anilines is 1. The van der Waals surface area contributed by atoms with Gasteiger partial charge in [-0.05, 0) is 73.2 Å². The Morgan fingerprint density at radius 1 is 1.00 bits per heavy atom. The summed E-state index contributed by atoms with van der Waals surface area (Å²) in [6.07, 6.45) is 8.32. The first-order chi connectivity index (χ1) is 16.6. The molecule has 8 nitrogen and oxygen atoms in total. The first-order valence-electron chi connectivity index (χ1n) is 10.4. The molecule has 0 fully saturated rings. The Bertz CT molecular complexity index is 1430. The number of carbonyl (C=O) groups excluding carboxylic acids is 1. The Kier molecular flexibility index (Phi) is 5.57. The number of halogens is 1. The molecule has 0 spiro atoms. The average Bonchev–Trinajstić information content (AvgIpc) is 3.52. The number of hydrogen-bond acceptors (Lipinski definition) is 5. The normalized spacial score (nSPS) is 10.8. The van der Waals surface area contributed by atoms with E-state index >= 15 is 0 Å². The first kappa shape index (κ1) is 21.1.